The van der Waals surface area contributed by atoms with Crippen molar-refractivity contribution in [1.82, 2.24) is 15.4 Å². The number of benzene rings is 1. The minimum atomic E-state index is 0.0928. The van der Waals surface area contributed by atoms with Gasteiger partial charge in [0.05, 0.1) is 5.52 Å². The van der Waals surface area contributed by atoms with Gasteiger partial charge in [0, 0.05) is 30.0 Å². The largest absolute Gasteiger partial charge is 0.271 e. The van der Waals surface area contributed by atoms with Crippen LogP contribution in [0.5, 0.6) is 0 Å². The number of rotatable bonds is 5. The molecule has 0 aliphatic heterocycles. The van der Waals surface area contributed by atoms with Crippen molar-refractivity contribution in [2.45, 2.75) is 18.9 Å². The van der Waals surface area contributed by atoms with Crippen molar-refractivity contribution >= 4 is 10.9 Å². The molecule has 0 amide bonds. The van der Waals surface area contributed by atoms with Gasteiger partial charge < -0.3 is 0 Å². The molecule has 1 aromatic carbocycles. The highest BCUT2D eigenvalue weighted by Gasteiger charge is 2.11. The van der Waals surface area contributed by atoms with Crippen molar-refractivity contribution in [3.05, 3.63) is 72.2 Å². The molecule has 0 radical (unpaired) electrons. The number of fused-ring (bicyclic) bond motifs is 1. The van der Waals surface area contributed by atoms with Crippen molar-refractivity contribution < 1.29 is 0 Å². The van der Waals surface area contributed by atoms with Gasteiger partial charge in [-0.1, -0.05) is 18.2 Å². The number of hydrogen-bond donors (Lipinski definition) is 2. The summed E-state index contributed by atoms with van der Waals surface area (Å²) >= 11 is 0. The van der Waals surface area contributed by atoms with Crippen molar-refractivity contribution in [3.8, 4) is 0 Å². The molecule has 0 saturated carbocycles. The smallest absolute Gasteiger partial charge is 0.0702 e. The topological polar surface area (TPSA) is 63.8 Å². The zero-order valence-corrected chi connectivity index (χ0v) is 11.7. The lowest BCUT2D eigenvalue weighted by Gasteiger charge is -2.16. The lowest BCUT2D eigenvalue weighted by molar-refractivity contribution is 0.515. The Morgan fingerprint density at radius 3 is 2.71 bits per heavy atom. The molecule has 21 heavy (non-hydrogen) atoms. The van der Waals surface area contributed by atoms with Crippen LogP contribution in [-0.4, -0.2) is 9.97 Å². The predicted molar refractivity (Wildman–Crippen MR) is 84.4 cm³/mol. The van der Waals surface area contributed by atoms with Gasteiger partial charge in [0.1, 0.15) is 0 Å². The maximum Gasteiger partial charge on any atom is 0.0702 e. The number of nitrogens with two attached hydrogens (primary N) is 1. The van der Waals surface area contributed by atoms with Crippen LogP contribution in [0.15, 0.2) is 61.1 Å². The van der Waals surface area contributed by atoms with Gasteiger partial charge in [0.15, 0.2) is 0 Å². The van der Waals surface area contributed by atoms with E-state index in [2.05, 4.69) is 27.5 Å². The summed E-state index contributed by atoms with van der Waals surface area (Å²) in [5.74, 6) is 5.72. The summed E-state index contributed by atoms with van der Waals surface area (Å²) in [5.41, 5.74) is 6.28. The summed E-state index contributed by atoms with van der Waals surface area (Å²) in [6, 6.07) is 14.4. The average Bonchev–Trinajstić information content (AvgIpc) is 2.56. The van der Waals surface area contributed by atoms with E-state index in [1.165, 1.54) is 5.56 Å². The summed E-state index contributed by atoms with van der Waals surface area (Å²) in [6.07, 6.45) is 7.40. The molecule has 0 aliphatic rings. The molecule has 0 saturated heterocycles. The highest BCUT2D eigenvalue weighted by Crippen LogP contribution is 2.21. The lowest BCUT2D eigenvalue weighted by atomic mass is 10.00. The third kappa shape index (κ3) is 3.24. The van der Waals surface area contributed by atoms with E-state index in [9.17, 15) is 0 Å². The monoisotopic (exact) mass is 278 g/mol. The first-order valence-electron chi connectivity index (χ1n) is 7.06. The van der Waals surface area contributed by atoms with Gasteiger partial charge in [-0.2, -0.15) is 0 Å². The van der Waals surface area contributed by atoms with Crippen LogP contribution >= 0.6 is 0 Å². The Labute approximate surface area is 124 Å². The zero-order chi connectivity index (χ0) is 14.5. The second-order valence-corrected chi connectivity index (χ2v) is 5.07. The van der Waals surface area contributed by atoms with Crippen molar-refractivity contribution in [2.75, 3.05) is 0 Å². The van der Waals surface area contributed by atoms with Crippen molar-refractivity contribution in [2.24, 2.45) is 5.84 Å². The third-order valence-electron chi connectivity index (χ3n) is 3.69. The Balaban J connectivity index is 1.78. The Hall–Kier alpha value is -2.30. The van der Waals surface area contributed by atoms with Crippen molar-refractivity contribution in [3.63, 3.8) is 0 Å². The Morgan fingerprint density at radius 1 is 1.10 bits per heavy atom. The maximum absolute atomic E-state index is 5.72. The van der Waals surface area contributed by atoms with Gasteiger partial charge in [-0.25, -0.2) is 0 Å². The molecule has 2 heterocycles. The molecule has 0 fully saturated rings. The molecule has 0 bridgehead atoms. The summed E-state index contributed by atoms with van der Waals surface area (Å²) in [4.78, 5) is 8.53. The van der Waals surface area contributed by atoms with Crippen LogP contribution in [-0.2, 0) is 6.42 Å². The quantitative estimate of drug-likeness (QED) is 0.556. The van der Waals surface area contributed by atoms with Gasteiger partial charge >= 0.3 is 0 Å². The van der Waals surface area contributed by atoms with Crippen LogP contribution in [0.25, 0.3) is 10.9 Å². The van der Waals surface area contributed by atoms with E-state index in [4.69, 9.17) is 5.84 Å². The van der Waals surface area contributed by atoms with Crippen LogP contribution < -0.4 is 11.3 Å². The Kier molecular flexibility index (Phi) is 4.19. The van der Waals surface area contributed by atoms with Crippen LogP contribution in [0.4, 0.5) is 0 Å². The number of hydrogen-bond acceptors (Lipinski definition) is 4. The molecule has 3 N–H and O–H groups in total. The first-order valence-corrected chi connectivity index (χ1v) is 7.06. The van der Waals surface area contributed by atoms with E-state index in [-0.39, 0.29) is 6.04 Å². The molecule has 0 spiro atoms. The van der Waals surface area contributed by atoms with Gasteiger partial charge in [-0.3, -0.25) is 21.2 Å². The second-order valence-electron chi connectivity index (χ2n) is 5.07. The van der Waals surface area contributed by atoms with Crippen LogP contribution in [0, 0.1) is 0 Å². The number of nitrogens with zero attached hydrogens (tertiary/aromatic N) is 2. The number of para-hydroxylation sites is 1. The fraction of sp³-hybridized carbons (Fsp3) is 0.176. The van der Waals surface area contributed by atoms with Crippen molar-refractivity contribution in [1.29, 1.82) is 0 Å². The summed E-state index contributed by atoms with van der Waals surface area (Å²) in [5, 5.41) is 1.14. The van der Waals surface area contributed by atoms with Gasteiger partial charge in [-0.15, -0.1) is 0 Å². The van der Waals surface area contributed by atoms with E-state index >= 15 is 0 Å². The number of hydrazine groups is 1. The van der Waals surface area contributed by atoms with Gasteiger partial charge in [0.2, 0.25) is 0 Å². The molecular weight excluding hydrogens is 260 g/mol. The number of pyridine rings is 2. The molecule has 106 valence electrons. The molecule has 1 unspecified atom stereocenters. The molecule has 4 nitrogen and oxygen atoms in total. The zero-order valence-electron chi connectivity index (χ0n) is 11.7. The molecule has 4 heteroatoms. The predicted octanol–water partition coefficient (Wildman–Crippen LogP) is 2.77. The lowest BCUT2D eigenvalue weighted by Crippen LogP contribution is -2.28. The third-order valence-corrected chi connectivity index (χ3v) is 3.69. The first-order chi connectivity index (χ1) is 10.4. The highest BCUT2D eigenvalue weighted by atomic mass is 15.2. The number of aryl methyl sites for hydroxylation is 1. The van der Waals surface area contributed by atoms with Crippen LogP contribution in [0.1, 0.15) is 23.6 Å². The van der Waals surface area contributed by atoms with E-state index in [0.29, 0.717) is 0 Å². The van der Waals surface area contributed by atoms with Crippen LogP contribution in [0.3, 0.4) is 0 Å². The average molecular weight is 278 g/mol. The second kappa shape index (κ2) is 6.43. The van der Waals surface area contributed by atoms with E-state index in [1.807, 2.05) is 48.9 Å². The highest BCUT2D eigenvalue weighted by molar-refractivity contribution is 5.78. The molecule has 3 aromatic rings. The fourth-order valence-corrected chi connectivity index (χ4v) is 2.49. The maximum atomic E-state index is 5.72. The van der Waals surface area contributed by atoms with Gasteiger partial charge in [0.25, 0.3) is 0 Å². The number of nitrogens with one attached hydrogen (secondary N) is 1. The SMILES string of the molecule is NNC(CCc1ccncc1)c1cnc2ccccc2c1. The summed E-state index contributed by atoms with van der Waals surface area (Å²) < 4.78 is 0. The summed E-state index contributed by atoms with van der Waals surface area (Å²) in [6.45, 7) is 0. The Bertz CT molecular complexity index is 712. The minimum Gasteiger partial charge on any atom is -0.271 e. The molecule has 2 aromatic heterocycles. The molecule has 1 atom stereocenters. The first kappa shape index (κ1) is 13.7. The number of aromatic nitrogens is 2. The standard InChI is InChI=1S/C17H18N4/c18-21-17(6-5-13-7-9-19-10-8-13)15-11-14-3-1-2-4-16(14)20-12-15/h1-4,7-12,17,21H,5-6,18H2. The fourth-order valence-electron chi connectivity index (χ4n) is 2.49. The normalized spacial score (nSPS) is 12.4. The van der Waals surface area contributed by atoms with Crippen LogP contribution in [0.2, 0.25) is 0 Å². The summed E-state index contributed by atoms with van der Waals surface area (Å²) in [7, 11) is 0. The molecular formula is C17H18N4. The van der Waals surface area contributed by atoms with E-state index < -0.39 is 0 Å². The van der Waals surface area contributed by atoms with E-state index in [0.717, 1.165) is 29.3 Å². The minimum absolute atomic E-state index is 0.0928. The molecule has 3 rings (SSSR count). The molecule has 0 aliphatic carbocycles. The van der Waals surface area contributed by atoms with Gasteiger partial charge in [-0.05, 0) is 48.2 Å². The van der Waals surface area contributed by atoms with E-state index in [1.54, 1.807) is 0 Å². The Morgan fingerprint density at radius 2 is 1.90 bits per heavy atom.